The smallest absolute Gasteiger partial charge is 0.218 e. The molecule has 0 bridgehead atoms. The molecule has 1 unspecified atom stereocenters. The first-order valence-electron chi connectivity index (χ1n) is 9.35. The first-order chi connectivity index (χ1) is 13.9. The summed E-state index contributed by atoms with van der Waals surface area (Å²) in [7, 11) is 0. The number of aliphatic imine (C=N–C) groups is 1. The average molecular weight is 365 g/mol. The minimum Gasteiger partial charge on any atom is -0.473 e. The van der Waals surface area contributed by atoms with Crippen molar-refractivity contribution in [3.05, 3.63) is 103 Å². The molecule has 1 aliphatic heterocycles. The Morgan fingerprint density at radius 1 is 0.714 bits per heavy atom. The van der Waals surface area contributed by atoms with E-state index in [0.29, 0.717) is 12.5 Å². The molecule has 1 atom stereocenters. The van der Waals surface area contributed by atoms with Crippen LogP contribution in [0.3, 0.4) is 0 Å². The van der Waals surface area contributed by atoms with Crippen LogP contribution in [0.15, 0.2) is 102 Å². The lowest BCUT2D eigenvalue weighted by atomic mass is 10.1. The molecule has 0 N–H and O–H groups in total. The van der Waals surface area contributed by atoms with Gasteiger partial charge in [-0.25, -0.2) is 9.67 Å². The topological polar surface area (TPSA) is 39.4 Å². The molecule has 0 spiro atoms. The van der Waals surface area contributed by atoms with Gasteiger partial charge in [-0.3, -0.25) is 0 Å². The van der Waals surface area contributed by atoms with Crippen LogP contribution in [0.4, 0.5) is 0 Å². The van der Waals surface area contributed by atoms with E-state index in [1.807, 2.05) is 71.4 Å². The van der Waals surface area contributed by atoms with Gasteiger partial charge in [0.1, 0.15) is 6.61 Å². The molecular weight excluding hydrogens is 346 g/mol. The van der Waals surface area contributed by atoms with E-state index in [0.717, 1.165) is 28.1 Å². The largest absolute Gasteiger partial charge is 0.473 e. The van der Waals surface area contributed by atoms with Crippen LogP contribution in [-0.4, -0.2) is 22.3 Å². The molecule has 0 radical (unpaired) electrons. The number of aromatic nitrogens is 2. The summed E-state index contributed by atoms with van der Waals surface area (Å²) < 4.78 is 7.88. The van der Waals surface area contributed by atoms with Gasteiger partial charge in [0.2, 0.25) is 5.90 Å². The number of rotatable bonds is 4. The Bertz CT molecular complexity index is 1100. The lowest BCUT2D eigenvalue weighted by Crippen LogP contribution is -2.11. The van der Waals surface area contributed by atoms with Crippen LogP contribution in [0.5, 0.6) is 0 Å². The molecule has 4 heteroatoms. The zero-order valence-electron chi connectivity index (χ0n) is 15.3. The summed E-state index contributed by atoms with van der Waals surface area (Å²) in [6, 6.07) is 32.6. The first-order valence-corrected chi connectivity index (χ1v) is 9.35. The van der Waals surface area contributed by atoms with E-state index in [2.05, 4.69) is 30.3 Å². The normalized spacial score (nSPS) is 15.9. The van der Waals surface area contributed by atoms with Crippen molar-refractivity contribution < 1.29 is 4.74 Å². The predicted octanol–water partition coefficient (Wildman–Crippen LogP) is 5.19. The van der Waals surface area contributed by atoms with Gasteiger partial charge in [0, 0.05) is 11.1 Å². The van der Waals surface area contributed by atoms with E-state index in [4.69, 9.17) is 14.8 Å². The molecule has 4 aromatic rings. The highest BCUT2D eigenvalue weighted by Crippen LogP contribution is 2.31. The molecular formula is C24H19N3O. The second kappa shape index (κ2) is 7.16. The van der Waals surface area contributed by atoms with E-state index in [-0.39, 0.29) is 6.17 Å². The molecule has 136 valence electrons. The highest BCUT2D eigenvalue weighted by molar-refractivity contribution is 5.95. The molecule has 5 rings (SSSR count). The summed E-state index contributed by atoms with van der Waals surface area (Å²) in [6.07, 6.45) is -0.192. The third-order valence-corrected chi connectivity index (χ3v) is 4.81. The Morgan fingerprint density at radius 3 is 1.93 bits per heavy atom. The van der Waals surface area contributed by atoms with Gasteiger partial charge >= 0.3 is 0 Å². The van der Waals surface area contributed by atoms with Gasteiger partial charge in [0.25, 0.3) is 0 Å². The standard InChI is InChI=1S/C24H19N3O/c1-4-10-18(11-5-1)21-16-22(19-12-6-2-7-13-19)27(26-21)23-17-28-24(25-23)20-14-8-3-9-15-20/h1-16,23H,17H2. The lowest BCUT2D eigenvalue weighted by Gasteiger charge is -2.10. The van der Waals surface area contributed by atoms with Crippen LogP contribution < -0.4 is 0 Å². The molecule has 28 heavy (non-hydrogen) atoms. The third-order valence-electron chi connectivity index (χ3n) is 4.81. The number of nitrogens with zero attached hydrogens (tertiary/aromatic N) is 3. The van der Waals surface area contributed by atoms with Gasteiger partial charge in [-0.15, -0.1) is 0 Å². The van der Waals surface area contributed by atoms with Gasteiger partial charge in [0.05, 0.1) is 11.4 Å². The van der Waals surface area contributed by atoms with Crippen molar-refractivity contribution in [2.45, 2.75) is 6.17 Å². The zero-order chi connectivity index (χ0) is 18.8. The lowest BCUT2D eigenvalue weighted by molar-refractivity contribution is 0.279. The maximum absolute atomic E-state index is 5.90. The molecule has 1 aliphatic rings. The summed E-state index contributed by atoms with van der Waals surface area (Å²) in [6.45, 7) is 0.472. The average Bonchev–Trinajstić information content (AvgIpc) is 3.43. The Hall–Kier alpha value is -3.66. The molecule has 0 aliphatic carbocycles. The van der Waals surface area contributed by atoms with Crippen LogP contribution in [0.1, 0.15) is 11.7 Å². The fourth-order valence-electron chi connectivity index (χ4n) is 3.42. The number of hydrogen-bond donors (Lipinski definition) is 0. The predicted molar refractivity (Wildman–Crippen MR) is 111 cm³/mol. The molecule has 0 saturated carbocycles. The van der Waals surface area contributed by atoms with Gasteiger partial charge in [0.15, 0.2) is 6.17 Å². The van der Waals surface area contributed by atoms with Gasteiger partial charge in [-0.2, -0.15) is 5.10 Å². The Balaban J connectivity index is 1.59. The number of hydrogen-bond acceptors (Lipinski definition) is 3. The molecule has 1 aromatic heterocycles. The monoisotopic (exact) mass is 365 g/mol. The molecule has 2 heterocycles. The van der Waals surface area contributed by atoms with Crippen LogP contribution in [-0.2, 0) is 4.74 Å². The van der Waals surface area contributed by atoms with E-state index >= 15 is 0 Å². The second-order valence-electron chi connectivity index (χ2n) is 6.68. The van der Waals surface area contributed by atoms with Crippen LogP contribution >= 0.6 is 0 Å². The molecule has 0 saturated heterocycles. The molecule has 4 nitrogen and oxygen atoms in total. The van der Waals surface area contributed by atoms with Crippen molar-refractivity contribution >= 4 is 5.90 Å². The van der Waals surface area contributed by atoms with Crippen LogP contribution in [0, 0.1) is 0 Å². The zero-order valence-corrected chi connectivity index (χ0v) is 15.3. The Morgan fingerprint density at radius 2 is 1.29 bits per heavy atom. The number of benzene rings is 3. The Kier molecular flexibility index (Phi) is 4.22. The SMILES string of the molecule is c1ccc(C2=NC(n3nc(-c4ccccc4)cc3-c3ccccc3)CO2)cc1. The minimum absolute atomic E-state index is 0.192. The van der Waals surface area contributed by atoms with Crippen LogP contribution in [0.25, 0.3) is 22.5 Å². The van der Waals surface area contributed by atoms with Crippen molar-refractivity contribution in [2.24, 2.45) is 4.99 Å². The second-order valence-corrected chi connectivity index (χ2v) is 6.68. The van der Waals surface area contributed by atoms with E-state index in [1.165, 1.54) is 0 Å². The van der Waals surface area contributed by atoms with Gasteiger partial charge < -0.3 is 4.74 Å². The fourth-order valence-corrected chi connectivity index (χ4v) is 3.42. The van der Waals surface area contributed by atoms with Crippen molar-refractivity contribution in [2.75, 3.05) is 6.61 Å². The van der Waals surface area contributed by atoms with E-state index in [9.17, 15) is 0 Å². The van der Waals surface area contributed by atoms with Crippen molar-refractivity contribution in [1.82, 2.24) is 9.78 Å². The van der Waals surface area contributed by atoms with Crippen molar-refractivity contribution in [3.63, 3.8) is 0 Å². The van der Waals surface area contributed by atoms with Gasteiger partial charge in [-0.1, -0.05) is 78.9 Å². The quantitative estimate of drug-likeness (QED) is 0.499. The summed E-state index contributed by atoms with van der Waals surface area (Å²) in [5.41, 5.74) is 5.15. The summed E-state index contributed by atoms with van der Waals surface area (Å²) in [4.78, 5) is 4.82. The fraction of sp³-hybridized carbons (Fsp3) is 0.0833. The summed E-state index contributed by atoms with van der Waals surface area (Å²) in [5, 5.41) is 4.90. The maximum atomic E-state index is 5.90. The molecule has 0 amide bonds. The summed E-state index contributed by atoms with van der Waals surface area (Å²) >= 11 is 0. The van der Waals surface area contributed by atoms with E-state index in [1.54, 1.807) is 0 Å². The molecule has 3 aromatic carbocycles. The highest BCUT2D eigenvalue weighted by Gasteiger charge is 2.25. The maximum Gasteiger partial charge on any atom is 0.218 e. The van der Waals surface area contributed by atoms with Gasteiger partial charge in [-0.05, 0) is 23.8 Å². The Labute approximate surface area is 163 Å². The minimum atomic E-state index is -0.192. The van der Waals surface area contributed by atoms with Crippen molar-refractivity contribution in [1.29, 1.82) is 0 Å². The highest BCUT2D eigenvalue weighted by atomic mass is 16.5. The van der Waals surface area contributed by atoms with Crippen LogP contribution in [0.2, 0.25) is 0 Å². The summed E-state index contributed by atoms with van der Waals surface area (Å²) in [5.74, 6) is 0.668. The van der Waals surface area contributed by atoms with Crippen molar-refractivity contribution in [3.8, 4) is 22.5 Å². The first kappa shape index (κ1) is 16.5. The number of ether oxygens (including phenoxy) is 1. The third kappa shape index (κ3) is 3.09. The van der Waals surface area contributed by atoms with E-state index < -0.39 is 0 Å². The molecule has 0 fully saturated rings.